The van der Waals surface area contributed by atoms with Gasteiger partial charge in [-0.1, -0.05) is 33.3 Å². The summed E-state index contributed by atoms with van der Waals surface area (Å²) in [7, 11) is -3.71. The number of imidazole rings is 1. The minimum Gasteiger partial charge on any atom is -0.493 e. The first-order chi connectivity index (χ1) is 26.2. The van der Waals surface area contributed by atoms with E-state index in [0.717, 1.165) is 50.5 Å². The molecular formula is C42H60N6O6S. The van der Waals surface area contributed by atoms with Gasteiger partial charge in [0.25, 0.3) is 5.56 Å². The molecule has 13 heteroatoms. The van der Waals surface area contributed by atoms with Crippen LogP contribution in [0.1, 0.15) is 104 Å². The number of aliphatic hydroxyl groups is 1. The Kier molecular flexibility index (Phi) is 11.2. The van der Waals surface area contributed by atoms with E-state index >= 15 is 0 Å². The maximum Gasteiger partial charge on any atom is 0.277 e. The van der Waals surface area contributed by atoms with Crippen LogP contribution >= 0.6 is 0 Å². The number of carbonyl (C=O) groups is 1. The molecule has 1 aromatic carbocycles. The molecule has 3 saturated carbocycles. The van der Waals surface area contributed by atoms with E-state index in [1.54, 1.807) is 29.6 Å². The van der Waals surface area contributed by atoms with Gasteiger partial charge in [-0.15, -0.1) is 5.10 Å². The lowest BCUT2D eigenvalue weighted by Crippen LogP contribution is -2.51. The van der Waals surface area contributed by atoms with Gasteiger partial charge in [0.1, 0.15) is 11.6 Å². The summed E-state index contributed by atoms with van der Waals surface area (Å²) in [6, 6.07) is 4.72. The minimum absolute atomic E-state index is 0.0823. The van der Waals surface area contributed by atoms with Gasteiger partial charge in [-0.25, -0.2) is 17.9 Å². The molecule has 4 aliphatic carbocycles. The Morgan fingerprint density at radius 2 is 1.75 bits per heavy atom. The second-order valence-electron chi connectivity index (χ2n) is 17.0. The average molecular weight is 777 g/mol. The fourth-order valence-electron chi connectivity index (χ4n) is 10.8. The van der Waals surface area contributed by atoms with E-state index in [0.29, 0.717) is 79.3 Å². The number of allylic oxidation sites excluding steroid dienone is 1. The monoisotopic (exact) mass is 776 g/mol. The van der Waals surface area contributed by atoms with Gasteiger partial charge in [-0.05, 0) is 125 Å². The number of rotatable bonds is 8. The van der Waals surface area contributed by atoms with E-state index in [-0.39, 0.29) is 33.2 Å². The normalized spacial score (nSPS) is 29.9. The predicted octanol–water partition coefficient (Wildman–Crippen LogP) is 5.95. The summed E-state index contributed by atoms with van der Waals surface area (Å²) in [5.74, 6) is 3.96. The SMILES string of the molecule is CCCc1nc(C)c2c(=O)[nH]c(-c3cc(S(=O)(=O)N4CCN(CC)CC4)ccc3OCC)nn12.C[C@]12CC[C@H]3[C@@H](CCC4=CC(=O)CC[C@@]43C)[C@@H]1CC[C@@H]2O. The number of aliphatic hydroxyl groups excluding tert-OH is 1. The number of nitrogens with zero attached hydrogens (tertiary/aromatic N) is 5. The van der Waals surface area contributed by atoms with E-state index in [1.165, 1.54) is 35.6 Å². The van der Waals surface area contributed by atoms with Crippen molar-refractivity contribution in [2.45, 2.75) is 117 Å². The molecule has 0 spiro atoms. The van der Waals surface area contributed by atoms with Crippen molar-refractivity contribution in [3.63, 3.8) is 0 Å². The lowest BCUT2D eigenvalue weighted by Gasteiger charge is -2.57. The van der Waals surface area contributed by atoms with E-state index < -0.39 is 10.0 Å². The first-order valence-electron chi connectivity index (χ1n) is 20.6. The van der Waals surface area contributed by atoms with Crippen molar-refractivity contribution in [3.8, 4) is 17.1 Å². The molecular weight excluding hydrogens is 717 g/mol. The molecule has 4 fully saturated rings. The fourth-order valence-corrected chi connectivity index (χ4v) is 12.3. The predicted molar refractivity (Wildman–Crippen MR) is 213 cm³/mol. The molecule has 0 amide bonds. The maximum atomic E-state index is 13.4. The largest absolute Gasteiger partial charge is 0.493 e. The van der Waals surface area contributed by atoms with Crippen LogP contribution in [0, 0.1) is 35.5 Å². The smallest absolute Gasteiger partial charge is 0.277 e. The number of fused-ring (bicyclic) bond motifs is 6. The van der Waals surface area contributed by atoms with Crippen molar-refractivity contribution in [1.82, 2.24) is 28.8 Å². The van der Waals surface area contributed by atoms with Crippen LogP contribution in [0.15, 0.2) is 39.5 Å². The standard InChI is InChI=1S/C23H32N6O4S.C19H28O2/c1-5-8-20-24-16(4)21-23(30)25-22(26-29(20)21)18-15-17(9-10-19(18)33-7-3)34(31,32)28-13-11-27(6-2)12-14-28;1-18-9-7-13(20)11-12(18)3-4-14-15-5-6-17(21)19(15,2)10-8-16(14)18/h9-10,15H,5-8,11-14H2,1-4H3,(H,25,26,30);11,14-17,21H,3-10H2,1-2H3/t;14-,15-,16-,17-,18-,19-/m.0/s1. The summed E-state index contributed by atoms with van der Waals surface area (Å²) < 4.78 is 35.7. The molecule has 2 N–H and O–H groups in total. The number of aromatic amines is 1. The van der Waals surface area contributed by atoms with Crippen LogP contribution in [0.3, 0.4) is 0 Å². The second-order valence-corrected chi connectivity index (χ2v) is 18.9. The Balaban J connectivity index is 0.000000188. The van der Waals surface area contributed by atoms with Crippen molar-refractivity contribution >= 4 is 21.3 Å². The van der Waals surface area contributed by atoms with Crippen LogP contribution < -0.4 is 10.3 Å². The first kappa shape index (κ1) is 39.8. The van der Waals surface area contributed by atoms with Crippen molar-refractivity contribution < 1.29 is 23.1 Å². The molecule has 55 heavy (non-hydrogen) atoms. The second kappa shape index (κ2) is 15.5. The number of aryl methyl sites for hydroxylation is 2. The number of carbonyl (C=O) groups excluding carboxylic acids is 1. The minimum atomic E-state index is -3.71. The van der Waals surface area contributed by atoms with Gasteiger partial charge in [-0.2, -0.15) is 4.31 Å². The highest BCUT2D eigenvalue weighted by Crippen LogP contribution is 2.65. The molecule has 1 aliphatic heterocycles. The summed E-state index contributed by atoms with van der Waals surface area (Å²) in [6.45, 7) is 16.1. The Hall–Kier alpha value is -3.39. The third-order valence-electron chi connectivity index (χ3n) is 14.1. The maximum absolute atomic E-state index is 13.4. The summed E-state index contributed by atoms with van der Waals surface area (Å²) in [4.78, 5) is 34.4. The number of H-pyrrole nitrogens is 1. The van der Waals surface area contributed by atoms with Crippen LogP contribution in [-0.4, -0.2) is 93.5 Å². The summed E-state index contributed by atoms with van der Waals surface area (Å²) in [5.41, 5.74) is 2.97. The summed E-state index contributed by atoms with van der Waals surface area (Å²) in [6.07, 6.45) is 12.2. The van der Waals surface area contributed by atoms with Crippen LogP contribution in [0.25, 0.3) is 16.9 Å². The third kappa shape index (κ3) is 7.12. The fraction of sp³-hybridized carbons (Fsp3) is 0.667. The van der Waals surface area contributed by atoms with Gasteiger partial charge in [0.15, 0.2) is 17.1 Å². The number of hydrogen-bond donors (Lipinski definition) is 2. The highest BCUT2D eigenvalue weighted by Gasteiger charge is 2.58. The number of hydrogen-bond acceptors (Lipinski definition) is 9. The van der Waals surface area contributed by atoms with E-state index in [1.807, 2.05) is 19.9 Å². The van der Waals surface area contributed by atoms with E-state index in [2.05, 4.69) is 40.7 Å². The molecule has 2 aromatic heterocycles. The zero-order chi connectivity index (χ0) is 39.3. The molecule has 300 valence electrons. The molecule has 0 bridgehead atoms. The molecule has 0 unspecified atom stereocenters. The lowest BCUT2D eigenvalue weighted by atomic mass is 9.47. The molecule has 0 radical (unpaired) electrons. The molecule has 5 aliphatic rings. The molecule has 6 atom stereocenters. The molecule has 3 heterocycles. The highest BCUT2D eigenvalue weighted by atomic mass is 32.2. The van der Waals surface area contributed by atoms with Crippen molar-refractivity contribution in [2.24, 2.45) is 28.6 Å². The zero-order valence-corrected chi connectivity index (χ0v) is 34.4. The van der Waals surface area contributed by atoms with Gasteiger partial charge in [0.2, 0.25) is 10.0 Å². The molecule has 12 nitrogen and oxygen atoms in total. The average Bonchev–Trinajstić information content (AvgIpc) is 3.66. The number of ketones is 1. The topological polar surface area (TPSA) is 150 Å². The van der Waals surface area contributed by atoms with Crippen LogP contribution in [0.2, 0.25) is 0 Å². The van der Waals surface area contributed by atoms with Crippen molar-refractivity contribution in [1.29, 1.82) is 0 Å². The molecule has 8 rings (SSSR count). The van der Waals surface area contributed by atoms with Crippen LogP contribution in [-0.2, 0) is 21.2 Å². The Morgan fingerprint density at radius 3 is 2.45 bits per heavy atom. The Bertz CT molecular complexity index is 2120. The number of likely N-dealkylation sites (N-methyl/N-ethyl adjacent to an activating group) is 1. The number of sulfonamides is 1. The Morgan fingerprint density at radius 1 is 0.982 bits per heavy atom. The summed E-state index contributed by atoms with van der Waals surface area (Å²) >= 11 is 0. The van der Waals surface area contributed by atoms with E-state index in [9.17, 15) is 23.1 Å². The first-order valence-corrected chi connectivity index (χ1v) is 22.1. The van der Waals surface area contributed by atoms with Gasteiger partial charge < -0.3 is 19.7 Å². The van der Waals surface area contributed by atoms with Gasteiger partial charge in [0, 0.05) is 39.0 Å². The number of piperazine rings is 1. The highest BCUT2D eigenvalue weighted by molar-refractivity contribution is 7.89. The molecule has 3 aromatic rings. The van der Waals surface area contributed by atoms with Crippen LogP contribution in [0.4, 0.5) is 0 Å². The lowest BCUT2D eigenvalue weighted by molar-refractivity contribution is -0.118. The number of aromatic nitrogens is 4. The zero-order valence-electron chi connectivity index (χ0n) is 33.6. The van der Waals surface area contributed by atoms with Crippen molar-refractivity contribution in [3.05, 3.63) is 51.7 Å². The molecule has 1 saturated heterocycles. The van der Waals surface area contributed by atoms with Gasteiger partial charge in [0.05, 0.1) is 28.9 Å². The number of benzene rings is 1. The van der Waals surface area contributed by atoms with Gasteiger partial charge in [-0.3, -0.25) is 9.59 Å². The van der Waals surface area contributed by atoms with Crippen LogP contribution in [0.5, 0.6) is 5.75 Å². The third-order valence-corrected chi connectivity index (χ3v) is 15.9. The summed E-state index contributed by atoms with van der Waals surface area (Å²) in [5, 5.41) is 15.1. The van der Waals surface area contributed by atoms with Gasteiger partial charge >= 0.3 is 0 Å². The quantitative estimate of drug-likeness (QED) is 0.283. The number of nitrogens with one attached hydrogen (secondary N) is 1. The van der Waals surface area contributed by atoms with E-state index in [4.69, 9.17) is 4.74 Å². The Labute approximate surface area is 325 Å². The number of ether oxygens (including phenoxy) is 1. The van der Waals surface area contributed by atoms with Crippen molar-refractivity contribution in [2.75, 3.05) is 39.3 Å².